The van der Waals surface area contributed by atoms with Gasteiger partial charge < -0.3 is 4.74 Å². The number of nitrogens with one attached hydrogen (secondary N) is 1. The maximum absolute atomic E-state index is 12.8. The number of non-ortho nitro benzene ring substituents is 1. The summed E-state index contributed by atoms with van der Waals surface area (Å²) in [5.74, 6) is 1.17. The fraction of sp³-hybridized carbons (Fsp3) is 0.0500. The molecule has 1 aliphatic heterocycles. The Morgan fingerprint density at radius 3 is 2.34 bits per heavy atom. The van der Waals surface area contributed by atoms with Crippen molar-refractivity contribution in [2.75, 3.05) is 11.5 Å². The monoisotopic (exact) mass is 391 g/mol. The predicted octanol–water partition coefficient (Wildman–Crippen LogP) is 2.27. The average Bonchev–Trinajstić information content (AvgIpc) is 2.70. The number of barbiturate groups is 1. The summed E-state index contributed by atoms with van der Waals surface area (Å²) in [4.78, 5) is 48.0. The molecule has 0 saturated carbocycles. The highest BCUT2D eigenvalue weighted by molar-refractivity contribution is 6.39. The van der Waals surface area contributed by atoms with Crippen LogP contribution in [-0.2, 0) is 9.59 Å². The number of benzene rings is 2. The number of urea groups is 1. The number of carbonyl (C=O) groups is 3. The number of nitro groups is 1. The standard InChI is InChI=1S/C20H13N3O6/c1-2-11-29-16-9-3-13(4-10-16)12-17-18(24)21-20(26)22(19(17)25)14-5-7-15(8-6-14)23(27)28/h1,3-10,12H,11H2,(H,21,24,26)/b17-12+. The summed E-state index contributed by atoms with van der Waals surface area (Å²) in [5, 5.41) is 12.9. The van der Waals surface area contributed by atoms with Crippen molar-refractivity contribution in [3.05, 3.63) is 69.8 Å². The molecule has 9 nitrogen and oxygen atoms in total. The SMILES string of the molecule is C#CCOc1ccc(/C=C2\C(=O)NC(=O)N(c3ccc([N+](=O)[O-])cc3)C2=O)cc1. The number of hydrogen-bond acceptors (Lipinski definition) is 6. The Bertz CT molecular complexity index is 1060. The van der Waals surface area contributed by atoms with E-state index >= 15 is 0 Å². The molecule has 0 radical (unpaired) electrons. The Hall–Kier alpha value is -4.45. The van der Waals surface area contributed by atoms with Crippen LogP contribution in [0.4, 0.5) is 16.2 Å². The summed E-state index contributed by atoms with van der Waals surface area (Å²) in [7, 11) is 0. The Labute approximate surface area is 164 Å². The second-order valence-corrected chi connectivity index (χ2v) is 5.79. The summed E-state index contributed by atoms with van der Waals surface area (Å²) < 4.78 is 5.25. The lowest BCUT2D eigenvalue weighted by Crippen LogP contribution is -2.54. The van der Waals surface area contributed by atoms with E-state index in [2.05, 4.69) is 11.2 Å². The first-order valence-electron chi connectivity index (χ1n) is 8.23. The molecular formula is C20H13N3O6. The summed E-state index contributed by atoms with van der Waals surface area (Å²) in [6, 6.07) is 10.3. The molecule has 1 saturated heterocycles. The van der Waals surface area contributed by atoms with Crippen molar-refractivity contribution in [2.24, 2.45) is 0 Å². The number of terminal acetylenes is 1. The number of imide groups is 2. The van der Waals surface area contributed by atoms with Gasteiger partial charge in [0.1, 0.15) is 17.9 Å². The van der Waals surface area contributed by atoms with Crippen molar-refractivity contribution in [2.45, 2.75) is 0 Å². The molecule has 144 valence electrons. The number of nitrogens with zero attached hydrogens (tertiary/aromatic N) is 2. The molecular weight excluding hydrogens is 378 g/mol. The molecule has 1 aliphatic rings. The van der Waals surface area contributed by atoms with Crippen LogP contribution in [0, 0.1) is 22.5 Å². The Kier molecular flexibility index (Phi) is 5.37. The molecule has 4 amide bonds. The molecule has 3 rings (SSSR count). The minimum Gasteiger partial charge on any atom is -0.481 e. The average molecular weight is 391 g/mol. The molecule has 2 aromatic carbocycles. The van der Waals surface area contributed by atoms with Gasteiger partial charge >= 0.3 is 6.03 Å². The fourth-order valence-corrected chi connectivity index (χ4v) is 2.57. The van der Waals surface area contributed by atoms with Gasteiger partial charge in [0.25, 0.3) is 17.5 Å². The maximum atomic E-state index is 12.8. The predicted molar refractivity (Wildman–Crippen MR) is 103 cm³/mol. The third-order valence-electron chi connectivity index (χ3n) is 3.93. The van der Waals surface area contributed by atoms with Crippen LogP contribution in [-0.4, -0.2) is 29.4 Å². The lowest BCUT2D eigenvalue weighted by molar-refractivity contribution is -0.384. The van der Waals surface area contributed by atoms with Crippen LogP contribution in [0.2, 0.25) is 0 Å². The van der Waals surface area contributed by atoms with Gasteiger partial charge in [-0.15, -0.1) is 6.42 Å². The summed E-state index contributed by atoms with van der Waals surface area (Å²) in [6.45, 7) is 0.105. The van der Waals surface area contributed by atoms with E-state index in [9.17, 15) is 24.5 Å². The third-order valence-corrected chi connectivity index (χ3v) is 3.93. The zero-order chi connectivity index (χ0) is 21.0. The van der Waals surface area contributed by atoms with Crippen molar-refractivity contribution in [1.29, 1.82) is 0 Å². The zero-order valence-corrected chi connectivity index (χ0v) is 14.8. The minimum absolute atomic E-state index is 0.0922. The molecule has 0 bridgehead atoms. The minimum atomic E-state index is -0.941. The lowest BCUT2D eigenvalue weighted by atomic mass is 10.1. The third kappa shape index (κ3) is 4.12. The largest absolute Gasteiger partial charge is 0.481 e. The van der Waals surface area contributed by atoms with Crippen LogP contribution in [0.3, 0.4) is 0 Å². The van der Waals surface area contributed by atoms with Crippen LogP contribution in [0.25, 0.3) is 6.08 Å². The molecule has 0 unspecified atom stereocenters. The van der Waals surface area contributed by atoms with Crippen molar-refractivity contribution < 1.29 is 24.0 Å². The van der Waals surface area contributed by atoms with Crippen molar-refractivity contribution in [1.82, 2.24) is 5.32 Å². The van der Waals surface area contributed by atoms with Gasteiger partial charge in [-0.25, -0.2) is 9.69 Å². The molecule has 29 heavy (non-hydrogen) atoms. The van der Waals surface area contributed by atoms with Crippen LogP contribution >= 0.6 is 0 Å². The summed E-state index contributed by atoms with van der Waals surface area (Å²) >= 11 is 0. The highest BCUT2D eigenvalue weighted by Crippen LogP contribution is 2.24. The van der Waals surface area contributed by atoms with Crippen molar-refractivity contribution in [3.8, 4) is 18.1 Å². The van der Waals surface area contributed by atoms with Gasteiger partial charge in [0.15, 0.2) is 0 Å². The van der Waals surface area contributed by atoms with E-state index in [4.69, 9.17) is 11.2 Å². The molecule has 1 heterocycles. The molecule has 1 N–H and O–H groups in total. The molecule has 0 spiro atoms. The van der Waals surface area contributed by atoms with E-state index < -0.39 is 22.8 Å². The van der Waals surface area contributed by atoms with E-state index in [1.165, 1.54) is 18.2 Å². The van der Waals surface area contributed by atoms with Gasteiger partial charge in [0.05, 0.1) is 10.6 Å². The van der Waals surface area contributed by atoms with E-state index in [0.717, 1.165) is 17.0 Å². The first kappa shape index (κ1) is 19.3. The van der Waals surface area contributed by atoms with E-state index in [-0.39, 0.29) is 23.6 Å². The van der Waals surface area contributed by atoms with Gasteiger partial charge in [0, 0.05) is 12.1 Å². The van der Waals surface area contributed by atoms with Crippen molar-refractivity contribution >= 4 is 35.3 Å². The van der Waals surface area contributed by atoms with E-state index in [0.29, 0.717) is 11.3 Å². The van der Waals surface area contributed by atoms with E-state index in [1.54, 1.807) is 24.3 Å². The maximum Gasteiger partial charge on any atom is 0.335 e. The van der Waals surface area contributed by atoms with Gasteiger partial charge in [0.2, 0.25) is 0 Å². The van der Waals surface area contributed by atoms with E-state index in [1.807, 2.05) is 0 Å². The van der Waals surface area contributed by atoms with Gasteiger partial charge in [-0.1, -0.05) is 18.1 Å². The molecule has 9 heteroatoms. The lowest BCUT2D eigenvalue weighted by Gasteiger charge is -2.26. The zero-order valence-electron chi connectivity index (χ0n) is 14.8. The Morgan fingerprint density at radius 2 is 1.76 bits per heavy atom. The summed E-state index contributed by atoms with van der Waals surface area (Å²) in [6.07, 6.45) is 6.45. The van der Waals surface area contributed by atoms with Crippen LogP contribution < -0.4 is 15.0 Å². The highest BCUT2D eigenvalue weighted by Gasteiger charge is 2.36. The van der Waals surface area contributed by atoms with Crippen LogP contribution in [0.15, 0.2) is 54.1 Å². The second-order valence-electron chi connectivity index (χ2n) is 5.79. The number of nitro benzene ring substituents is 1. The first-order chi connectivity index (χ1) is 13.9. The normalized spacial score (nSPS) is 15.1. The molecule has 0 atom stereocenters. The highest BCUT2D eigenvalue weighted by atomic mass is 16.6. The molecule has 1 fully saturated rings. The smallest absolute Gasteiger partial charge is 0.335 e. The molecule has 2 aromatic rings. The van der Waals surface area contributed by atoms with Crippen LogP contribution in [0.1, 0.15) is 5.56 Å². The fourth-order valence-electron chi connectivity index (χ4n) is 2.57. The number of anilines is 1. The number of hydrogen-bond donors (Lipinski definition) is 1. The quantitative estimate of drug-likeness (QED) is 0.275. The topological polar surface area (TPSA) is 119 Å². The molecule has 0 aromatic heterocycles. The Morgan fingerprint density at radius 1 is 1.10 bits per heavy atom. The van der Waals surface area contributed by atoms with Crippen LogP contribution in [0.5, 0.6) is 5.75 Å². The number of ether oxygens (including phenoxy) is 1. The second kappa shape index (κ2) is 8.06. The first-order valence-corrected chi connectivity index (χ1v) is 8.23. The van der Waals surface area contributed by atoms with Gasteiger partial charge in [-0.3, -0.25) is 25.0 Å². The number of carbonyl (C=O) groups excluding carboxylic acids is 3. The van der Waals surface area contributed by atoms with Crippen molar-refractivity contribution in [3.63, 3.8) is 0 Å². The number of rotatable bonds is 5. The number of amides is 4. The Balaban J connectivity index is 1.89. The van der Waals surface area contributed by atoms with Gasteiger partial charge in [-0.2, -0.15) is 0 Å². The molecule has 0 aliphatic carbocycles. The van der Waals surface area contributed by atoms with Gasteiger partial charge in [-0.05, 0) is 35.9 Å². The summed E-state index contributed by atoms with van der Waals surface area (Å²) in [5.41, 5.74) is 0.155.